The first-order valence-corrected chi connectivity index (χ1v) is 8.39. The van der Waals surface area contributed by atoms with Crippen LogP contribution < -0.4 is 10.1 Å². The first-order valence-electron chi connectivity index (χ1n) is 8.39. The average molecular weight is 348 g/mol. The van der Waals surface area contributed by atoms with Gasteiger partial charge < -0.3 is 10.1 Å². The topological polar surface area (TPSA) is 21.3 Å². The molecule has 1 fully saturated rings. The van der Waals surface area contributed by atoms with E-state index in [0.717, 1.165) is 30.7 Å². The van der Waals surface area contributed by atoms with Gasteiger partial charge in [-0.2, -0.15) is 0 Å². The molecule has 24 heavy (non-hydrogen) atoms. The SMILES string of the molecule is COc1ccc2c(c1)CCC1[C@@H](Cc3cccc(F)c3)NC[C@@H]21.Cl. The highest BCUT2D eigenvalue weighted by molar-refractivity contribution is 5.85. The van der Waals surface area contributed by atoms with Crippen molar-refractivity contribution >= 4 is 12.4 Å². The van der Waals surface area contributed by atoms with E-state index in [4.69, 9.17) is 4.74 Å². The maximum Gasteiger partial charge on any atom is 0.123 e. The van der Waals surface area contributed by atoms with Crippen LogP contribution in [0, 0.1) is 11.7 Å². The molecule has 1 unspecified atom stereocenters. The van der Waals surface area contributed by atoms with E-state index < -0.39 is 0 Å². The minimum absolute atomic E-state index is 0. The quantitative estimate of drug-likeness (QED) is 0.902. The number of aryl methyl sites for hydroxylation is 1. The maximum absolute atomic E-state index is 13.4. The molecule has 1 N–H and O–H groups in total. The minimum Gasteiger partial charge on any atom is -0.497 e. The number of nitrogens with one attached hydrogen (secondary N) is 1. The van der Waals surface area contributed by atoms with E-state index in [2.05, 4.69) is 23.5 Å². The van der Waals surface area contributed by atoms with Gasteiger partial charge in [0.25, 0.3) is 0 Å². The Hall–Kier alpha value is -1.58. The lowest BCUT2D eigenvalue weighted by Gasteiger charge is -2.31. The third-order valence-electron chi connectivity index (χ3n) is 5.47. The third kappa shape index (κ3) is 3.15. The van der Waals surface area contributed by atoms with Crippen LogP contribution in [0.2, 0.25) is 0 Å². The van der Waals surface area contributed by atoms with E-state index >= 15 is 0 Å². The normalized spacial score (nSPS) is 24.7. The first kappa shape index (κ1) is 17.2. The standard InChI is InChI=1S/C20H22FNO.ClH/c1-23-16-6-8-17-14(11-16)5-7-18-19(17)12-22-20(18)10-13-3-2-4-15(21)9-13;/h2-4,6,8-9,11,18-20,22H,5,7,10,12H2,1H3;1H/t18?,19-,20+;/m0./s1. The number of hydrogen-bond acceptors (Lipinski definition) is 2. The molecule has 3 atom stereocenters. The van der Waals surface area contributed by atoms with E-state index in [0.29, 0.717) is 17.9 Å². The van der Waals surface area contributed by atoms with Crippen molar-refractivity contribution in [3.63, 3.8) is 0 Å². The van der Waals surface area contributed by atoms with Crippen molar-refractivity contribution in [1.29, 1.82) is 0 Å². The van der Waals surface area contributed by atoms with Gasteiger partial charge >= 0.3 is 0 Å². The van der Waals surface area contributed by atoms with Gasteiger partial charge in [0.2, 0.25) is 0 Å². The number of ether oxygens (including phenoxy) is 1. The molecule has 2 nitrogen and oxygen atoms in total. The number of benzene rings is 2. The summed E-state index contributed by atoms with van der Waals surface area (Å²) in [5.74, 6) is 2.02. The summed E-state index contributed by atoms with van der Waals surface area (Å²) in [5, 5.41) is 3.68. The molecule has 0 bridgehead atoms. The molecule has 0 spiro atoms. The fraction of sp³-hybridized carbons (Fsp3) is 0.400. The van der Waals surface area contributed by atoms with Crippen molar-refractivity contribution in [3.05, 3.63) is 65.0 Å². The molecule has 0 aromatic heterocycles. The smallest absolute Gasteiger partial charge is 0.123 e. The van der Waals surface area contributed by atoms with Gasteiger partial charge in [0.15, 0.2) is 0 Å². The Morgan fingerprint density at radius 2 is 2.08 bits per heavy atom. The highest BCUT2D eigenvalue weighted by atomic mass is 35.5. The molecule has 1 aliphatic carbocycles. The van der Waals surface area contributed by atoms with E-state index in [1.54, 1.807) is 19.2 Å². The van der Waals surface area contributed by atoms with Gasteiger partial charge in [0, 0.05) is 18.5 Å². The monoisotopic (exact) mass is 347 g/mol. The van der Waals surface area contributed by atoms with E-state index in [-0.39, 0.29) is 18.2 Å². The Morgan fingerprint density at radius 1 is 1.21 bits per heavy atom. The predicted molar refractivity (Wildman–Crippen MR) is 96.7 cm³/mol. The number of fused-ring (bicyclic) bond motifs is 3. The Kier molecular flexibility index (Phi) is 5.12. The summed E-state index contributed by atoms with van der Waals surface area (Å²) in [4.78, 5) is 0. The molecule has 1 saturated heterocycles. The molecular weight excluding hydrogens is 325 g/mol. The lowest BCUT2D eigenvalue weighted by Crippen LogP contribution is -2.31. The van der Waals surface area contributed by atoms with Crippen LogP contribution in [0.5, 0.6) is 5.75 Å². The fourth-order valence-corrected chi connectivity index (χ4v) is 4.36. The lowest BCUT2D eigenvalue weighted by molar-refractivity contribution is 0.370. The molecule has 1 aliphatic heterocycles. The first-order chi connectivity index (χ1) is 11.2. The summed E-state index contributed by atoms with van der Waals surface area (Å²) in [6.45, 7) is 1.02. The number of halogens is 2. The van der Waals surface area contributed by atoms with Crippen LogP contribution in [0.25, 0.3) is 0 Å². The Morgan fingerprint density at radius 3 is 2.88 bits per heavy atom. The summed E-state index contributed by atoms with van der Waals surface area (Å²) in [7, 11) is 1.72. The zero-order chi connectivity index (χ0) is 15.8. The highest BCUT2D eigenvalue weighted by Gasteiger charge is 2.39. The van der Waals surface area contributed by atoms with Crippen LogP contribution >= 0.6 is 12.4 Å². The van der Waals surface area contributed by atoms with Crippen LogP contribution in [-0.4, -0.2) is 19.7 Å². The van der Waals surface area contributed by atoms with Gasteiger partial charge in [-0.05, 0) is 66.1 Å². The van der Waals surface area contributed by atoms with Crippen LogP contribution in [0.15, 0.2) is 42.5 Å². The minimum atomic E-state index is -0.141. The Bertz CT molecular complexity index is 721. The molecule has 1 heterocycles. The average Bonchev–Trinajstić information content (AvgIpc) is 2.97. The molecular formula is C20H23ClFNO. The zero-order valence-electron chi connectivity index (χ0n) is 13.8. The van der Waals surface area contributed by atoms with Crippen molar-refractivity contribution in [1.82, 2.24) is 5.32 Å². The molecule has 2 aliphatic rings. The zero-order valence-corrected chi connectivity index (χ0v) is 14.6. The second-order valence-corrected chi connectivity index (χ2v) is 6.72. The molecule has 2 aromatic carbocycles. The second kappa shape index (κ2) is 7.12. The number of rotatable bonds is 3. The molecule has 4 heteroatoms. The van der Waals surface area contributed by atoms with Crippen molar-refractivity contribution in [2.24, 2.45) is 5.92 Å². The van der Waals surface area contributed by atoms with Crippen molar-refractivity contribution < 1.29 is 9.13 Å². The van der Waals surface area contributed by atoms with Crippen molar-refractivity contribution in [2.45, 2.75) is 31.2 Å². The summed E-state index contributed by atoms with van der Waals surface area (Å²) in [6, 6.07) is 13.9. The third-order valence-corrected chi connectivity index (χ3v) is 5.47. The van der Waals surface area contributed by atoms with E-state index in [1.807, 2.05) is 6.07 Å². The maximum atomic E-state index is 13.4. The fourth-order valence-electron chi connectivity index (χ4n) is 4.36. The van der Waals surface area contributed by atoms with Gasteiger partial charge in [-0.15, -0.1) is 12.4 Å². The molecule has 0 saturated carbocycles. The van der Waals surface area contributed by atoms with Gasteiger partial charge in [0.1, 0.15) is 11.6 Å². The highest BCUT2D eigenvalue weighted by Crippen LogP contribution is 2.42. The molecule has 128 valence electrons. The molecule has 2 aromatic rings. The van der Waals surface area contributed by atoms with Crippen molar-refractivity contribution in [2.75, 3.05) is 13.7 Å². The van der Waals surface area contributed by atoms with Crippen molar-refractivity contribution in [3.8, 4) is 5.75 Å². The lowest BCUT2D eigenvalue weighted by atomic mass is 9.73. The van der Waals surface area contributed by atoms with Gasteiger partial charge in [-0.1, -0.05) is 18.2 Å². The Labute approximate surface area is 148 Å². The summed E-state index contributed by atoms with van der Waals surface area (Å²) >= 11 is 0. The van der Waals surface area contributed by atoms with Crippen LogP contribution in [-0.2, 0) is 12.8 Å². The molecule has 0 radical (unpaired) electrons. The van der Waals surface area contributed by atoms with Crippen LogP contribution in [0.3, 0.4) is 0 Å². The van der Waals surface area contributed by atoms with Crippen LogP contribution in [0.4, 0.5) is 4.39 Å². The van der Waals surface area contributed by atoms with Gasteiger partial charge in [0.05, 0.1) is 7.11 Å². The molecule has 4 rings (SSSR count). The molecule has 0 amide bonds. The van der Waals surface area contributed by atoms with Gasteiger partial charge in [-0.3, -0.25) is 0 Å². The van der Waals surface area contributed by atoms with E-state index in [9.17, 15) is 4.39 Å². The largest absolute Gasteiger partial charge is 0.497 e. The number of hydrogen-bond donors (Lipinski definition) is 1. The summed E-state index contributed by atoms with van der Waals surface area (Å²) in [5.41, 5.74) is 3.98. The van der Waals surface area contributed by atoms with E-state index in [1.165, 1.54) is 23.6 Å². The Balaban J connectivity index is 0.00000169. The summed E-state index contributed by atoms with van der Waals surface area (Å²) in [6.07, 6.45) is 3.21. The number of methoxy groups -OCH3 is 1. The predicted octanol–water partition coefficient (Wildman–Crippen LogP) is 4.12. The van der Waals surface area contributed by atoms with Gasteiger partial charge in [-0.25, -0.2) is 4.39 Å². The second-order valence-electron chi connectivity index (χ2n) is 6.72. The summed E-state index contributed by atoms with van der Waals surface area (Å²) < 4.78 is 18.8. The van der Waals surface area contributed by atoms with Crippen LogP contribution in [0.1, 0.15) is 29.0 Å².